The van der Waals surface area contributed by atoms with Gasteiger partial charge in [0.15, 0.2) is 8.07 Å². The molecule has 2 heterocycles. The first-order valence-corrected chi connectivity index (χ1v) is 14.0. The lowest BCUT2D eigenvalue weighted by atomic mass is 10.1. The average Bonchev–Trinajstić information content (AvgIpc) is 2.89. The van der Waals surface area contributed by atoms with Gasteiger partial charge in [0.2, 0.25) is 0 Å². The summed E-state index contributed by atoms with van der Waals surface area (Å²) in [5.41, 5.74) is 2.45. The minimum Gasteiger partial charge on any atom is -0.372 e. The Morgan fingerprint density at radius 2 is 1.33 bits per heavy atom. The van der Waals surface area contributed by atoms with Gasteiger partial charge in [0.25, 0.3) is 0 Å². The van der Waals surface area contributed by atoms with E-state index in [0.29, 0.717) is 0 Å². The molecule has 3 heteroatoms. The number of fused-ring (bicyclic) bond motifs is 2. The molecule has 0 saturated carbocycles. The van der Waals surface area contributed by atoms with Crippen LogP contribution in [-0.4, -0.2) is 21.2 Å². The molecule has 0 aromatic heterocycles. The van der Waals surface area contributed by atoms with E-state index in [1.807, 2.05) is 0 Å². The van der Waals surface area contributed by atoms with Crippen molar-refractivity contribution in [2.45, 2.75) is 19.3 Å². The number of nitrogens with zero attached hydrogens (tertiary/aromatic N) is 2. The molecule has 0 spiro atoms. The molecule has 0 aliphatic carbocycles. The second-order valence-corrected chi connectivity index (χ2v) is 12.9. The van der Waals surface area contributed by atoms with E-state index in [9.17, 15) is 0 Å². The molecule has 0 N–H and O–H groups in total. The third-order valence-electron chi connectivity index (χ3n) is 7.22. The van der Waals surface area contributed by atoms with Crippen molar-refractivity contribution in [2.24, 2.45) is 4.99 Å². The molecule has 6 rings (SSSR count). The van der Waals surface area contributed by atoms with Crippen LogP contribution < -0.4 is 36.2 Å². The summed E-state index contributed by atoms with van der Waals surface area (Å²) in [6.45, 7) is 6.58. The van der Waals surface area contributed by atoms with Crippen LogP contribution in [-0.2, 0) is 0 Å². The third-order valence-corrected chi connectivity index (χ3v) is 12.0. The first kappa shape index (κ1) is 20.2. The van der Waals surface area contributed by atoms with Crippen molar-refractivity contribution in [3.8, 4) is 0 Å². The lowest BCUT2D eigenvalue weighted by Crippen LogP contribution is -2.79. The van der Waals surface area contributed by atoms with Crippen LogP contribution in [0.3, 0.4) is 0 Å². The van der Waals surface area contributed by atoms with Gasteiger partial charge in [-0.1, -0.05) is 79.4 Å². The van der Waals surface area contributed by atoms with Gasteiger partial charge >= 0.3 is 0 Å². The summed E-state index contributed by atoms with van der Waals surface area (Å²) in [6, 6.07) is 35.8. The van der Waals surface area contributed by atoms with E-state index in [1.54, 1.807) is 0 Å². The molecule has 0 atom stereocenters. The van der Waals surface area contributed by atoms with Crippen LogP contribution in [0.1, 0.15) is 19.3 Å². The smallest absolute Gasteiger partial charge is 0.184 e. The first-order chi connectivity index (χ1) is 16.3. The minimum absolute atomic E-state index is 1.04. The lowest BCUT2D eigenvalue weighted by Gasteiger charge is -2.38. The average molecular weight is 445 g/mol. The predicted octanol–water partition coefficient (Wildman–Crippen LogP) is 2.73. The number of piperidine rings is 1. The van der Waals surface area contributed by atoms with Gasteiger partial charge in [-0.25, -0.2) is 4.99 Å². The van der Waals surface area contributed by atoms with Crippen LogP contribution in [0.15, 0.2) is 102 Å². The summed E-state index contributed by atoms with van der Waals surface area (Å²) in [5.74, 6) is 0. The molecule has 1 saturated heterocycles. The Morgan fingerprint density at radius 1 is 0.667 bits per heavy atom. The van der Waals surface area contributed by atoms with E-state index in [1.165, 1.54) is 45.7 Å². The molecule has 4 aromatic carbocycles. The van der Waals surface area contributed by atoms with Gasteiger partial charge in [-0.05, 0) is 69.5 Å². The number of hydrogen-bond acceptors (Lipinski definition) is 2. The van der Waals surface area contributed by atoms with E-state index >= 15 is 0 Å². The zero-order valence-electron chi connectivity index (χ0n) is 18.9. The molecule has 33 heavy (non-hydrogen) atoms. The highest BCUT2D eigenvalue weighted by molar-refractivity contribution is 7.20. The number of anilines is 1. The van der Waals surface area contributed by atoms with E-state index in [2.05, 4.69) is 109 Å². The molecular weight excluding hydrogens is 416 g/mol. The Bertz CT molecular complexity index is 1370. The Morgan fingerprint density at radius 3 is 2.00 bits per heavy atom. The zero-order valence-corrected chi connectivity index (χ0v) is 19.9. The highest BCUT2D eigenvalue weighted by Gasteiger charge is 2.45. The molecule has 2 aliphatic heterocycles. The van der Waals surface area contributed by atoms with Crippen molar-refractivity contribution < 1.29 is 0 Å². The summed E-state index contributed by atoms with van der Waals surface area (Å²) in [4.78, 5) is 7.73. The van der Waals surface area contributed by atoms with Crippen LogP contribution in [0.25, 0.3) is 6.58 Å². The molecule has 0 amide bonds. The van der Waals surface area contributed by atoms with Crippen molar-refractivity contribution >= 4 is 46.8 Å². The van der Waals surface area contributed by atoms with E-state index in [4.69, 9.17) is 4.99 Å². The van der Waals surface area contributed by atoms with E-state index < -0.39 is 8.07 Å². The molecule has 0 unspecified atom stereocenters. The van der Waals surface area contributed by atoms with Gasteiger partial charge in [-0.3, -0.25) is 0 Å². The summed E-state index contributed by atoms with van der Waals surface area (Å²) >= 11 is 0. The minimum atomic E-state index is -2.56. The van der Waals surface area contributed by atoms with Crippen molar-refractivity contribution in [2.75, 3.05) is 18.0 Å². The lowest BCUT2D eigenvalue weighted by molar-refractivity contribution is 0.578. The predicted molar refractivity (Wildman–Crippen MR) is 142 cm³/mol. The maximum absolute atomic E-state index is 5.17. The molecule has 0 radical (unpaired) electrons. The Balaban J connectivity index is 1.73. The molecule has 1 fully saturated rings. The van der Waals surface area contributed by atoms with Crippen molar-refractivity contribution in [3.05, 3.63) is 108 Å². The Hall–Kier alpha value is -3.43. The van der Waals surface area contributed by atoms with Gasteiger partial charge < -0.3 is 4.90 Å². The largest absolute Gasteiger partial charge is 0.372 e. The van der Waals surface area contributed by atoms with Crippen molar-refractivity contribution in [1.82, 2.24) is 0 Å². The van der Waals surface area contributed by atoms with E-state index in [0.717, 1.165) is 29.4 Å². The van der Waals surface area contributed by atoms with Crippen LogP contribution in [0, 0.1) is 0 Å². The second kappa shape index (κ2) is 8.16. The first-order valence-electron chi connectivity index (χ1n) is 12.0. The third kappa shape index (κ3) is 3.27. The fourth-order valence-electron chi connectivity index (χ4n) is 5.69. The molecule has 4 aromatic rings. The van der Waals surface area contributed by atoms with Gasteiger partial charge in [-0.15, -0.1) is 0 Å². The van der Waals surface area contributed by atoms with Gasteiger partial charge in [-0.2, -0.15) is 0 Å². The Labute approximate surface area is 196 Å². The molecule has 2 aliphatic rings. The molecule has 0 bridgehead atoms. The molecular formula is C30H28N2Si. The van der Waals surface area contributed by atoms with Crippen LogP contribution >= 0.6 is 0 Å². The second-order valence-electron chi connectivity index (χ2n) is 9.19. The zero-order chi connectivity index (χ0) is 22.3. The maximum atomic E-state index is 5.17. The van der Waals surface area contributed by atoms with Crippen LogP contribution in [0.5, 0.6) is 0 Å². The topological polar surface area (TPSA) is 15.6 Å². The van der Waals surface area contributed by atoms with Crippen LogP contribution in [0.4, 0.5) is 11.4 Å². The number of benzene rings is 4. The summed E-state index contributed by atoms with van der Waals surface area (Å²) in [7, 11) is -2.56. The fourth-order valence-corrected chi connectivity index (χ4v) is 10.8. The number of hydrogen-bond donors (Lipinski definition) is 0. The molecule has 162 valence electrons. The highest BCUT2D eigenvalue weighted by atomic mass is 28.3. The quantitative estimate of drug-likeness (QED) is 0.391. The SMILES string of the molecule is C=c1ccc2c(c1)[Si](c1ccccc1)(c1ccccc1)c1cc(N3CCCCC3)ccc1N=2. The highest BCUT2D eigenvalue weighted by Crippen LogP contribution is 2.25. The van der Waals surface area contributed by atoms with Gasteiger partial charge in [0, 0.05) is 18.8 Å². The van der Waals surface area contributed by atoms with Crippen molar-refractivity contribution in [3.63, 3.8) is 0 Å². The van der Waals surface area contributed by atoms with Crippen molar-refractivity contribution in [1.29, 1.82) is 0 Å². The molecule has 2 nitrogen and oxygen atoms in total. The maximum Gasteiger partial charge on any atom is 0.184 e. The van der Waals surface area contributed by atoms with Gasteiger partial charge in [0.1, 0.15) is 0 Å². The summed E-state index contributed by atoms with van der Waals surface area (Å²) < 4.78 is 0. The standard InChI is InChI=1S/C30H28N2Si/c1-23-15-17-27-29(21-23)33(25-11-5-2-6-12-25,26-13-7-3-8-14-26)30-22-24(16-18-28(30)31-27)32-19-9-4-10-20-32/h2-3,5-8,11-18,21-22H,1,4,9-10,19-20H2. The monoisotopic (exact) mass is 444 g/mol. The van der Waals surface area contributed by atoms with Crippen LogP contribution in [0.2, 0.25) is 0 Å². The fraction of sp³-hybridized carbons (Fsp3) is 0.167. The summed E-state index contributed by atoms with van der Waals surface area (Å²) in [5, 5.41) is 7.66. The number of rotatable bonds is 3. The summed E-state index contributed by atoms with van der Waals surface area (Å²) in [6.07, 6.45) is 3.88. The Kier molecular flexibility index (Phi) is 5.00. The normalized spacial score (nSPS) is 16.4. The van der Waals surface area contributed by atoms with Gasteiger partial charge in [0.05, 0.1) is 11.0 Å². The van der Waals surface area contributed by atoms with E-state index in [-0.39, 0.29) is 0 Å².